The van der Waals surface area contributed by atoms with E-state index < -0.39 is 0 Å². The number of nitrogens with zero attached hydrogens (tertiary/aromatic N) is 2. The van der Waals surface area contributed by atoms with Crippen LogP contribution in [-0.4, -0.2) is 15.3 Å². The molecule has 1 saturated carbocycles. The van der Waals surface area contributed by atoms with Crippen LogP contribution < -0.4 is 0 Å². The van der Waals surface area contributed by atoms with E-state index in [-0.39, 0.29) is 5.92 Å². The Labute approximate surface area is 84.1 Å². The van der Waals surface area contributed by atoms with Gasteiger partial charge in [0.1, 0.15) is 5.78 Å². The summed E-state index contributed by atoms with van der Waals surface area (Å²) < 4.78 is 2.16. The SMILES string of the molecule is CC(=O)C1CC1c1cncn1C(C)C. The minimum atomic E-state index is 0.254. The number of hydrogen-bond donors (Lipinski definition) is 0. The molecule has 1 heterocycles. The van der Waals surface area contributed by atoms with Crippen LogP contribution in [0, 0.1) is 5.92 Å². The quantitative estimate of drug-likeness (QED) is 0.735. The van der Waals surface area contributed by atoms with E-state index in [1.165, 1.54) is 5.69 Å². The van der Waals surface area contributed by atoms with Crippen molar-refractivity contribution in [2.24, 2.45) is 5.92 Å². The highest BCUT2D eigenvalue weighted by atomic mass is 16.1. The van der Waals surface area contributed by atoms with Gasteiger partial charge in [0.25, 0.3) is 0 Å². The molecule has 1 aromatic heterocycles. The minimum absolute atomic E-state index is 0.254. The van der Waals surface area contributed by atoms with Gasteiger partial charge in [-0.2, -0.15) is 0 Å². The van der Waals surface area contributed by atoms with Crippen molar-refractivity contribution in [3.05, 3.63) is 18.2 Å². The predicted octanol–water partition coefficient (Wildman–Crippen LogP) is 2.16. The zero-order valence-electron chi connectivity index (χ0n) is 8.90. The second-order valence-corrected chi connectivity index (χ2v) is 4.38. The van der Waals surface area contributed by atoms with Gasteiger partial charge in [-0.15, -0.1) is 0 Å². The summed E-state index contributed by atoms with van der Waals surface area (Å²) in [6, 6.07) is 0.431. The molecule has 1 aliphatic carbocycles. The van der Waals surface area contributed by atoms with Crippen molar-refractivity contribution < 1.29 is 4.79 Å². The van der Waals surface area contributed by atoms with Crippen LogP contribution in [-0.2, 0) is 4.79 Å². The summed E-state index contributed by atoms with van der Waals surface area (Å²) in [6.07, 6.45) is 4.76. The van der Waals surface area contributed by atoms with Crippen LogP contribution in [0.5, 0.6) is 0 Å². The number of aromatic nitrogens is 2. The van der Waals surface area contributed by atoms with Gasteiger partial charge < -0.3 is 4.57 Å². The third kappa shape index (κ3) is 1.47. The van der Waals surface area contributed by atoms with E-state index in [1.807, 2.05) is 12.5 Å². The summed E-state index contributed by atoms with van der Waals surface area (Å²) >= 11 is 0. The van der Waals surface area contributed by atoms with Crippen LogP contribution in [0.25, 0.3) is 0 Å². The molecule has 76 valence electrons. The molecular weight excluding hydrogens is 176 g/mol. The van der Waals surface area contributed by atoms with Gasteiger partial charge in [0, 0.05) is 29.8 Å². The number of carbonyl (C=O) groups excluding carboxylic acids is 1. The first kappa shape index (κ1) is 9.44. The van der Waals surface area contributed by atoms with Crippen molar-refractivity contribution in [2.75, 3.05) is 0 Å². The van der Waals surface area contributed by atoms with E-state index in [0.717, 1.165) is 6.42 Å². The molecule has 1 aliphatic rings. The van der Waals surface area contributed by atoms with Gasteiger partial charge in [0.2, 0.25) is 0 Å². The van der Waals surface area contributed by atoms with Crippen molar-refractivity contribution in [1.82, 2.24) is 9.55 Å². The van der Waals surface area contributed by atoms with E-state index in [0.29, 0.717) is 17.7 Å². The van der Waals surface area contributed by atoms with Gasteiger partial charge >= 0.3 is 0 Å². The maximum absolute atomic E-state index is 11.2. The van der Waals surface area contributed by atoms with E-state index in [2.05, 4.69) is 23.4 Å². The molecule has 0 aliphatic heterocycles. The maximum Gasteiger partial charge on any atom is 0.133 e. The fourth-order valence-electron chi connectivity index (χ4n) is 2.00. The monoisotopic (exact) mass is 192 g/mol. The molecule has 2 atom stereocenters. The molecular formula is C11H16N2O. The Bertz CT molecular complexity index is 354. The lowest BCUT2D eigenvalue weighted by Gasteiger charge is -2.10. The van der Waals surface area contributed by atoms with Gasteiger partial charge in [-0.3, -0.25) is 4.79 Å². The van der Waals surface area contributed by atoms with Gasteiger partial charge in [-0.1, -0.05) is 0 Å². The minimum Gasteiger partial charge on any atom is -0.332 e. The summed E-state index contributed by atoms with van der Waals surface area (Å²) in [5.74, 6) is 0.994. The molecule has 2 rings (SSSR count). The van der Waals surface area contributed by atoms with Gasteiger partial charge in [-0.05, 0) is 27.2 Å². The number of rotatable bonds is 3. The molecule has 0 spiro atoms. The first-order chi connectivity index (χ1) is 6.61. The Morgan fingerprint density at radius 1 is 1.64 bits per heavy atom. The van der Waals surface area contributed by atoms with E-state index in [9.17, 15) is 4.79 Å². The molecule has 3 heteroatoms. The first-order valence-corrected chi connectivity index (χ1v) is 5.13. The molecule has 14 heavy (non-hydrogen) atoms. The van der Waals surface area contributed by atoms with Crippen LogP contribution in [0.1, 0.15) is 44.8 Å². The van der Waals surface area contributed by atoms with Crippen molar-refractivity contribution in [2.45, 2.75) is 39.2 Å². The standard InChI is InChI=1S/C11H16N2O/c1-7(2)13-6-12-5-11(13)10-4-9(10)8(3)14/h5-7,9-10H,4H2,1-3H3. The van der Waals surface area contributed by atoms with Crippen molar-refractivity contribution in [3.63, 3.8) is 0 Å². The zero-order valence-corrected chi connectivity index (χ0v) is 8.90. The van der Waals surface area contributed by atoms with Gasteiger partial charge in [0.05, 0.1) is 6.33 Å². The highest BCUT2D eigenvalue weighted by Crippen LogP contribution is 2.48. The number of ketones is 1. The van der Waals surface area contributed by atoms with Crippen molar-refractivity contribution in [1.29, 1.82) is 0 Å². The molecule has 0 radical (unpaired) electrons. The lowest BCUT2D eigenvalue weighted by molar-refractivity contribution is -0.118. The summed E-state index contributed by atoms with van der Waals surface area (Å²) in [6.45, 7) is 5.95. The summed E-state index contributed by atoms with van der Waals surface area (Å²) in [5.41, 5.74) is 1.22. The molecule has 2 unspecified atom stereocenters. The second kappa shape index (κ2) is 3.23. The molecule has 1 aromatic rings. The Morgan fingerprint density at radius 3 is 2.86 bits per heavy atom. The first-order valence-electron chi connectivity index (χ1n) is 5.13. The molecule has 1 fully saturated rings. The molecule has 0 N–H and O–H groups in total. The zero-order chi connectivity index (χ0) is 10.3. The predicted molar refractivity (Wildman–Crippen MR) is 54.1 cm³/mol. The van der Waals surface area contributed by atoms with Gasteiger partial charge in [0.15, 0.2) is 0 Å². The number of Topliss-reactive ketones (excluding diaryl/α,β-unsaturated/α-hetero) is 1. The Hall–Kier alpha value is -1.12. The lowest BCUT2D eigenvalue weighted by Crippen LogP contribution is -2.05. The summed E-state index contributed by atoms with van der Waals surface area (Å²) in [4.78, 5) is 15.3. The molecule has 0 aromatic carbocycles. The Morgan fingerprint density at radius 2 is 2.36 bits per heavy atom. The fourth-order valence-corrected chi connectivity index (χ4v) is 2.00. The number of imidazole rings is 1. The molecule has 3 nitrogen and oxygen atoms in total. The van der Waals surface area contributed by atoms with Crippen molar-refractivity contribution >= 4 is 5.78 Å². The van der Waals surface area contributed by atoms with E-state index in [4.69, 9.17) is 0 Å². The highest BCUT2D eigenvalue weighted by Gasteiger charge is 2.43. The third-order valence-corrected chi connectivity index (χ3v) is 2.94. The summed E-state index contributed by atoms with van der Waals surface area (Å²) in [5, 5.41) is 0. The average molecular weight is 192 g/mol. The van der Waals surface area contributed by atoms with Gasteiger partial charge in [-0.25, -0.2) is 4.98 Å². The smallest absolute Gasteiger partial charge is 0.133 e. The second-order valence-electron chi connectivity index (χ2n) is 4.38. The topological polar surface area (TPSA) is 34.9 Å². The fraction of sp³-hybridized carbons (Fsp3) is 0.636. The lowest BCUT2D eigenvalue weighted by atomic mass is 10.2. The summed E-state index contributed by atoms with van der Waals surface area (Å²) in [7, 11) is 0. The average Bonchev–Trinajstić information content (AvgIpc) is 2.75. The number of hydrogen-bond acceptors (Lipinski definition) is 2. The van der Waals surface area contributed by atoms with Crippen LogP contribution in [0.3, 0.4) is 0 Å². The van der Waals surface area contributed by atoms with E-state index in [1.54, 1.807) is 6.92 Å². The highest BCUT2D eigenvalue weighted by molar-refractivity contribution is 5.82. The van der Waals surface area contributed by atoms with E-state index >= 15 is 0 Å². The van der Waals surface area contributed by atoms with Crippen LogP contribution >= 0.6 is 0 Å². The van der Waals surface area contributed by atoms with Crippen molar-refractivity contribution in [3.8, 4) is 0 Å². The maximum atomic E-state index is 11.2. The molecule has 0 amide bonds. The van der Waals surface area contributed by atoms with Crippen LogP contribution in [0.4, 0.5) is 0 Å². The normalized spacial score (nSPS) is 25.4. The van der Waals surface area contributed by atoms with Crippen LogP contribution in [0.2, 0.25) is 0 Å². The van der Waals surface area contributed by atoms with Crippen LogP contribution in [0.15, 0.2) is 12.5 Å². The Balaban J connectivity index is 2.19. The third-order valence-electron chi connectivity index (χ3n) is 2.94. The Kier molecular flexibility index (Phi) is 2.17. The molecule has 0 bridgehead atoms. The molecule has 0 saturated heterocycles. The largest absolute Gasteiger partial charge is 0.332 e. The number of carbonyl (C=O) groups is 1.